The van der Waals surface area contributed by atoms with E-state index >= 15 is 0 Å². The van der Waals surface area contributed by atoms with Crippen LogP contribution in [-0.2, 0) is 4.74 Å². The number of piperidine rings is 1. The Balaban J connectivity index is 2.21. The van der Waals surface area contributed by atoms with Gasteiger partial charge in [-0.25, -0.2) is 0 Å². The molecule has 2 atom stereocenters. The van der Waals surface area contributed by atoms with Crippen LogP contribution in [0.2, 0.25) is 0 Å². The van der Waals surface area contributed by atoms with Gasteiger partial charge in [-0.2, -0.15) is 0 Å². The Morgan fingerprint density at radius 1 is 1.50 bits per heavy atom. The first kappa shape index (κ1) is 16.0. The number of rotatable bonds is 4. The van der Waals surface area contributed by atoms with Gasteiger partial charge in [0, 0.05) is 30.7 Å². The second-order valence-electron chi connectivity index (χ2n) is 5.99. The highest BCUT2D eigenvalue weighted by atomic mass is 79.9. The molecule has 2 unspecified atom stereocenters. The predicted molar refractivity (Wildman–Crippen MR) is 86.9 cm³/mol. The summed E-state index contributed by atoms with van der Waals surface area (Å²) in [5, 5.41) is 0. The van der Waals surface area contributed by atoms with Gasteiger partial charge in [0.05, 0.1) is 5.60 Å². The maximum absolute atomic E-state index is 6.06. The van der Waals surface area contributed by atoms with Crippen LogP contribution in [0.15, 0.2) is 22.7 Å². The van der Waals surface area contributed by atoms with Crippen LogP contribution in [0.4, 0.5) is 0 Å². The van der Waals surface area contributed by atoms with Crippen molar-refractivity contribution < 1.29 is 4.74 Å². The smallest absolute Gasteiger partial charge is 0.0777 e. The van der Waals surface area contributed by atoms with Gasteiger partial charge >= 0.3 is 0 Å². The number of benzene rings is 1. The van der Waals surface area contributed by atoms with Crippen molar-refractivity contribution in [3.8, 4) is 0 Å². The summed E-state index contributed by atoms with van der Waals surface area (Å²) in [5.41, 5.74) is 8.57. The summed E-state index contributed by atoms with van der Waals surface area (Å²) in [6.45, 7) is 6.99. The van der Waals surface area contributed by atoms with E-state index in [-0.39, 0.29) is 11.6 Å². The van der Waals surface area contributed by atoms with Crippen molar-refractivity contribution in [3.05, 3.63) is 33.8 Å². The number of hydrogen-bond donors (Lipinski definition) is 1. The van der Waals surface area contributed by atoms with Crippen molar-refractivity contribution in [2.75, 3.05) is 26.7 Å². The average molecular weight is 341 g/mol. The molecule has 0 aromatic heterocycles. The Hall–Kier alpha value is -0.420. The van der Waals surface area contributed by atoms with Crippen LogP contribution in [0.5, 0.6) is 0 Å². The summed E-state index contributed by atoms with van der Waals surface area (Å²) in [6, 6.07) is 6.80. The quantitative estimate of drug-likeness (QED) is 0.914. The Labute approximate surface area is 130 Å². The van der Waals surface area contributed by atoms with E-state index in [0.717, 1.165) is 30.4 Å². The standard InChI is InChI=1S/C16H25BrN2O/c1-12-9-13(5-6-14(12)17)15(10-18)19-8-4-7-16(2,11-19)20-3/h5-6,9,15H,4,7-8,10-11,18H2,1-3H3. The highest BCUT2D eigenvalue weighted by Crippen LogP contribution is 2.31. The minimum Gasteiger partial charge on any atom is -0.377 e. The Morgan fingerprint density at radius 2 is 2.25 bits per heavy atom. The van der Waals surface area contributed by atoms with Gasteiger partial charge in [0.1, 0.15) is 0 Å². The third kappa shape index (κ3) is 3.42. The van der Waals surface area contributed by atoms with Crippen molar-refractivity contribution in [2.24, 2.45) is 5.73 Å². The molecule has 4 heteroatoms. The van der Waals surface area contributed by atoms with E-state index in [4.69, 9.17) is 10.5 Å². The molecule has 0 amide bonds. The van der Waals surface area contributed by atoms with Crippen LogP contribution in [0.1, 0.15) is 36.9 Å². The molecule has 1 aromatic carbocycles. The van der Waals surface area contributed by atoms with Crippen molar-refractivity contribution in [1.82, 2.24) is 4.90 Å². The van der Waals surface area contributed by atoms with Gasteiger partial charge in [-0.05, 0) is 50.4 Å². The van der Waals surface area contributed by atoms with Crippen molar-refractivity contribution in [3.63, 3.8) is 0 Å². The molecular weight excluding hydrogens is 316 g/mol. The van der Waals surface area contributed by atoms with Crippen LogP contribution in [0.3, 0.4) is 0 Å². The summed E-state index contributed by atoms with van der Waals surface area (Å²) in [7, 11) is 1.81. The Morgan fingerprint density at radius 3 is 2.85 bits per heavy atom. The van der Waals surface area contributed by atoms with Crippen molar-refractivity contribution in [1.29, 1.82) is 0 Å². The first-order chi connectivity index (χ1) is 9.49. The number of halogens is 1. The molecule has 20 heavy (non-hydrogen) atoms. The molecule has 2 rings (SSSR count). The minimum absolute atomic E-state index is 0.0456. The summed E-state index contributed by atoms with van der Waals surface area (Å²) in [5.74, 6) is 0. The zero-order chi connectivity index (χ0) is 14.8. The molecule has 2 N–H and O–H groups in total. The van der Waals surface area contributed by atoms with E-state index in [0.29, 0.717) is 6.54 Å². The van der Waals surface area contributed by atoms with Gasteiger partial charge in [0.2, 0.25) is 0 Å². The van der Waals surface area contributed by atoms with Gasteiger partial charge in [-0.3, -0.25) is 4.90 Å². The van der Waals surface area contributed by atoms with Crippen molar-refractivity contribution in [2.45, 2.75) is 38.3 Å². The summed E-state index contributed by atoms with van der Waals surface area (Å²) < 4.78 is 6.84. The lowest BCUT2D eigenvalue weighted by atomic mass is 9.92. The number of likely N-dealkylation sites (tertiary alicyclic amines) is 1. The highest BCUT2D eigenvalue weighted by molar-refractivity contribution is 9.10. The maximum atomic E-state index is 6.06. The van der Waals surface area contributed by atoms with Crippen LogP contribution in [0.25, 0.3) is 0 Å². The largest absolute Gasteiger partial charge is 0.377 e. The van der Waals surface area contributed by atoms with E-state index in [9.17, 15) is 0 Å². The molecule has 1 fully saturated rings. The molecule has 1 aromatic rings. The molecule has 0 aliphatic carbocycles. The van der Waals surface area contributed by atoms with Gasteiger partial charge in [0.25, 0.3) is 0 Å². The molecule has 0 radical (unpaired) electrons. The maximum Gasteiger partial charge on any atom is 0.0777 e. The van der Waals surface area contributed by atoms with E-state index < -0.39 is 0 Å². The first-order valence-electron chi connectivity index (χ1n) is 7.24. The molecule has 0 bridgehead atoms. The minimum atomic E-state index is -0.0456. The lowest BCUT2D eigenvalue weighted by molar-refractivity contribution is -0.0608. The van der Waals surface area contributed by atoms with Gasteiger partial charge in [-0.15, -0.1) is 0 Å². The zero-order valence-electron chi connectivity index (χ0n) is 12.7. The van der Waals surface area contributed by atoms with Crippen LogP contribution in [-0.4, -0.2) is 37.2 Å². The lowest BCUT2D eigenvalue weighted by Gasteiger charge is -2.43. The molecule has 112 valence electrons. The highest BCUT2D eigenvalue weighted by Gasteiger charge is 2.34. The van der Waals surface area contributed by atoms with Gasteiger partial charge in [-0.1, -0.05) is 28.1 Å². The van der Waals surface area contributed by atoms with E-state index in [1.165, 1.54) is 11.1 Å². The molecule has 0 saturated carbocycles. The Kier molecular flexibility index (Phi) is 5.24. The average Bonchev–Trinajstić information content (AvgIpc) is 2.44. The first-order valence-corrected chi connectivity index (χ1v) is 8.04. The fourth-order valence-electron chi connectivity index (χ4n) is 3.05. The number of methoxy groups -OCH3 is 1. The van der Waals surface area contributed by atoms with Crippen LogP contribution in [0, 0.1) is 6.92 Å². The molecule has 0 spiro atoms. The van der Waals surface area contributed by atoms with E-state index in [1.807, 2.05) is 7.11 Å². The fraction of sp³-hybridized carbons (Fsp3) is 0.625. The summed E-state index contributed by atoms with van der Waals surface area (Å²) in [4.78, 5) is 2.47. The normalized spacial score (nSPS) is 25.6. The van der Waals surface area contributed by atoms with Gasteiger partial charge < -0.3 is 10.5 Å². The number of nitrogens with zero attached hydrogens (tertiary/aromatic N) is 1. The summed E-state index contributed by atoms with van der Waals surface area (Å²) in [6.07, 6.45) is 2.28. The third-order valence-electron chi connectivity index (χ3n) is 4.41. The SMILES string of the molecule is COC1(C)CCCN(C(CN)c2ccc(Br)c(C)c2)C1. The van der Waals surface area contributed by atoms with Crippen LogP contribution >= 0.6 is 15.9 Å². The zero-order valence-corrected chi connectivity index (χ0v) is 14.2. The second-order valence-corrected chi connectivity index (χ2v) is 6.84. The third-order valence-corrected chi connectivity index (χ3v) is 5.30. The van der Waals surface area contributed by atoms with Gasteiger partial charge in [0.15, 0.2) is 0 Å². The Bertz CT molecular complexity index is 466. The van der Waals surface area contributed by atoms with Crippen molar-refractivity contribution >= 4 is 15.9 Å². The van der Waals surface area contributed by atoms with E-state index in [2.05, 4.69) is 52.9 Å². The van der Waals surface area contributed by atoms with E-state index in [1.54, 1.807) is 0 Å². The number of nitrogens with two attached hydrogens (primary N) is 1. The topological polar surface area (TPSA) is 38.5 Å². The predicted octanol–water partition coefficient (Wildman–Crippen LogP) is 3.26. The molecule has 1 aliphatic heterocycles. The molecule has 1 heterocycles. The number of aryl methyl sites for hydroxylation is 1. The molecule has 3 nitrogen and oxygen atoms in total. The van der Waals surface area contributed by atoms with Crippen LogP contribution < -0.4 is 5.73 Å². The number of ether oxygens (including phenoxy) is 1. The molecule has 1 saturated heterocycles. The number of hydrogen-bond acceptors (Lipinski definition) is 3. The second kappa shape index (κ2) is 6.56. The fourth-order valence-corrected chi connectivity index (χ4v) is 3.29. The molecular formula is C16H25BrN2O. The monoisotopic (exact) mass is 340 g/mol. The lowest BCUT2D eigenvalue weighted by Crippen LogP contribution is -2.49. The molecule has 1 aliphatic rings. The summed E-state index contributed by atoms with van der Waals surface area (Å²) >= 11 is 3.56.